The third-order valence-electron chi connectivity index (χ3n) is 3.66. The van der Waals surface area contributed by atoms with Gasteiger partial charge in [0.1, 0.15) is 5.82 Å². The molecule has 0 aliphatic carbocycles. The molecule has 2 aromatic carbocycles. The van der Waals surface area contributed by atoms with Gasteiger partial charge in [0.25, 0.3) is 11.1 Å². The van der Waals surface area contributed by atoms with E-state index in [1.165, 1.54) is 19.2 Å². The molecule has 0 unspecified atom stereocenters. The third-order valence-corrected chi connectivity index (χ3v) is 4.29. The normalized spacial score (nSPS) is 10.5. The minimum atomic E-state index is -0.385. The van der Waals surface area contributed by atoms with Gasteiger partial charge < -0.3 is 9.47 Å². The van der Waals surface area contributed by atoms with Crippen LogP contribution in [0.15, 0.2) is 42.5 Å². The fraction of sp³-hybridized carbons (Fsp3) is 0.211. The molecule has 9 heteroatoms. The Labute approximate surface area is 165 Å². The number of hydrogen-bond donors (Lipinski definition) is 1. The maximum Gasteiger partial charge on any atom is 0.298 e. The molecule has 0 aliphatic rings. The van der Waals surface area contributed by atoms with Crippen molar-refractivity contribution in [2.24, 2.45) is 0 Å². The average molecular weight is 403 g/mol. The Morgan fingerprint density at radius 1 is 1.18 bits per heavy atom. The summed E-state index contributed by atoms with van der Waals surface area (Å²) in [5.41, 5.74) is 3.58. The lowest BCUT2D eigenvalue weighted by atomic mass is 10.1. The van der Waals surface area contributed by atoms with Gasteiger partial charge in [0, 0.05) is 23.5 Å². The van der Waals surface area contributed by atoms with E-state index in [0.29, 0.717) is 41.1 Å². The van der Waals surface area contributed by atoms with Crippen molar-refractivity contribution in [3.05, 3.63) is 65.2 Å². The van der Waals surface area contributed by atoms with E-state index in [1.54, 1.807) is 37.3 Å². The molecule has 0 radical (unpaired) electrons. The van der Waals surface area contributed by atoms with Crippen molar-refractivity contribution in [3.63, 3.8) is 0 Å². The highest BCUT2D eigenvalue weighted by Gasteiger charge is 2.14. The van der Waals surface area contributed by atoms with Crippen LogP contribution in [0.2, 0.25) is 0 Å². The van der Waals surface area contributed by atoms with Crippen molar-refractivity contribution in [1.29, 1.82) is 0 Å². The lowest BCUT2D eigenvalue weighted by Crippen LogP contribution is -2.23. The van der Waals surface area contributed by atoms with Crippen molar-refractivity contribution in [2.45, 2.75) is 13.3 Å². The van der Waals surface area contributed by atoms with Gasteiger partial charge in [-0.3, -0.25) is 9.63 Å². The number of hydroxylamine groups is 1. The number of benzene rings is 2. The molecule has 0 aliphatic heterocycles. The highest BCUT2D eigenvalue weighted by Crippen LogP contribution is 2.33. The zero-order valence-corrected chi connectivity index (χ0v) is 16.1. The van der Waals surface area contributed by atoms with Gasteiger partial charge in [0.15, 0.2) is 17.3 Å². The number of amides is 1. The molecule has 146 valence electrons. The molecule has 0 saturated carbocycles. The fourth-order valence-corrected chi connectivity index (χ4v) is 2.88. The largest absolute Gasteiger partial charge is 0.493 e. The van der Waals surface area contributed by atoms with Crippen molar-refractivity contribution in [1.82, 2.24) is 14.8 Å². The molecule has 0 spiro atoms. The molecule has 7 nitrogen and oxygen atoms in total. The first-order valence-electron chi connectivity index (χ1n) is 8.44. The zero-order chi connectivity index (χ0) is 19.9. The van der Waals surface area contributed by atoms with E-state index in [9.17, 15) is 9.18 Å². The Balaban J connectivity index is 1.70. The number of hydrogen-bond acceptors (Lipinski definition) is 7. The van der Waals surface area contributed by atoms with E-state index in [4.69, 9.17) is 14.3 Å². The van der Waals surface area contributed by atoms with E-state index in [1.807, 2.05) is 0 Å². The van der Waals surface area contributed by atoms with E-state index < -0.39 is 0 Å². The number of methoxy groups -OCH3 is 1. The predicted molar refractivity (Wildman–Crippen MR) is 101 cm³/mol. The van der Waals surface area contributed by atoms with E-state index >= 15 is 0 Å². The molecule has 0 atom stereocenters. The average Bonchev–Trinajstić information content (AvgIpc) is 3.15. The molecule has 1 aromatic heterocycles. The molecule has 1 heterocycles. The molecular weight excluding hydrogens is 385 g/mol. The second-order valence-electron chi connectivity index (χ2n) is 5.61. The van der Waals surface area contributed by atoms with E-state index in [2.05, 4.69) is 14.8 Å². The van der Waals surface area contributed by atoms with Gasteiger partial charge in [-0.25, -0.2) is 9.87 Å². The van der Waals surface area contributed by atoms with Crippen molar-refractivity contribution in [2.75, 3.05) is 13.7 Å². The number of rotatable bonds is 8. The second-order valence-corrected chi connectivity index (χ2v) is 6.33. The maximum atomic E-state index is 13.0. The first-order chi connectivity index (χ1) is 13.6. The quantitative estimate of drug-likeness (QED) is 0.577. The van der Waals surface area contributed by atoms with Crippen LogP contribution in [-0.4, -0.2) is 29.0 Å². The van der Waals surface area contributed by atoms with Crippen LogP contribution in [0, 0.1) is 5.82 Å². The first kappa shape index (κ1) is 19.7. The van der Waals surface area contributed by atoms with E-state index in [-0.39, 0.29) is 11.7 Å². The predicted octanol–water partition coefficient (Wildman–Crippen LogP) is 3.75. The summed E-state index contributed by atoms with van der Waals surface area (Å²) in [7, 11) is 1.48. The SMILES string of the molecule is CCONC(=O)c1ccc(Oc2nc(Cc3ccc(F)cc3)ns2)c(OC)c1. The molecular formula is C19H18FN3O4S. The minimum Gasteiger partial charge on any atom is -0.493 e. The highest BCUT2D eigenvalue weighted by atomic mass is 32.1. The summed E-state index contributed by atoms with van der Waals surface area (Å²) in [6, 6.07) is 10.9. The number of ether oxygens (including phenoxy) is 2. The van der Waals surface area contributed by atoms with Gasteiger partial charge in [0.2, 0.25) is 0 Å². The number of aromatic nitrogens is 2. The van der Waals surface area contributed by atoms with Crippen LogP contribution in [0.4, 0.5) is 4.39 Å². The number of nitrogens with zero attached hydrogens (tertiary/aromatic N) is 2. The molecule has 1 amide bonds. The van der Waals surface area contributed by atoms with Crippen LogP contribution in [-0.2, 0) is 11.3 Å². The molecule has 0 fully saturated rings. The number of carbonyl (C=O) groups excluding carboxylic acids is 1. The summed E-state index contributed by atoms with van der Waals surface area (Å²) in [5.74, 6) is 0.673. The zero-order valence-electron chi connectivity index (χ0n) is 15.3. The van der Waals surface area contributed by atoms with Gasteiger partial charge in [-0.15, -0.1) is 0 Å². The molecule has 1 N–H and O–H groups in total. The van der Waals surface area contributed by atoms with Gasteiger partial charge in [-0.05, 0) is 42.8 Å². The number of carbonyl (C=O) groups is 1. The highest BCUT2D eigenvalue weighted by molar-refractivity contribution is 7.07. The lowest BCUT2D eigenvalue weighted by Gasteiger charge is -2.10. The number of nitrogens with one attached hydrogen (secondary N) is 1. The summed E-state index contributed by atoms with van der Waals surface area (Å²) in [6.45, 7) is 2.13. The molecule has 0 saturated heterocycles. The third kappa shape index (κ3) is 5.02. The van der Waals surface area contributed by atoms with Gasteiger partial charge >= 0.3 is 0 Å². The summed E-state index contributed by atoms with van der Waals surface area (Å²) < 4.78 is 28.3. The van der Waals surface area contributed by atoms with Crippen LogP contribution in [0.5, 0.6) is 16.7 Å². The Morgan fingerprint density at radius 2 is 1.96 bits per heavy atom. The summed E-state index contributed by atoms with van der Waals surface area (Å²) in [4.78, 5) is 21.2. The Bertz CT molecular complexity index is 947. The molecule has 28 heavy (non-hydrogen) atoms. The standard InChI is InChI=1S/C19H18FN3O4S/c1-3-26-22-18(24)13-6-9-15(16(11-13)25-2)27-19-21-17(23-28-19)10-12-4-7-14(20)8-5-12/h4-9,11H,3,10H2,1-2H3,(H,22,24). The number of halogens is 1. The Hall–Kier alpha value is -3.04. The monoisotopic (exact) mass is 403 g/mol. The Morgan fingerprint density at radius 3 is 2.68 bits per heavy atom. The molecule has 3 rings (SSSR count). The van der Waals surface area contributed by atoms with Crippen LogP contribution in [0.25, 0.3) is 0 Å². The van der Waals surface area contributed by atoms with Crippen molar-refractivity contribution < 1.29 is 23.5 Å². The van der Waals surface area contributed by atoms with Gasteiger partial charge in [-0.2, -0.15) is 9.36 Å². The van der Waals surface area contributed by atoms with Crippen LogP contribution in [0.3, 0.4) is 0 Å². The van der Waals surface area contributed by atoms with Crippen LogP contribution >= 0.6 is 11.5 Å². The fourth-order valence-electron chi connectivity index (χ4n) is 2.32. The minimum absolute atomic E-state index is 0.288. The first-order valence-corrected chi connectivity index (χ1v) is 9.21. The summed E-state index contributed by atoms with van der Waals surface area (Å²) >= 11 is 1.10. The topological polar surface area (TPSA) is 82.6 Å². The summed E-state index contributed by atoms with van der Waals surface area (Å²) in [6.07, 6.45) is 0.466. The molecule has 0 bridgehead atoms. The summed E-state index contributed by atoms with van der Waals surface area (Å²) in [5, 5.41) is 0.335. The van der Waals surface area contributed by atoms with Crippen LogP contribution in [0.1, 0.15) is 28.7 Å². The van der Waals surface area contributed by atoms with Gasteiger partial charge in [-0.1, -0.05) is 12.1 Å². The van der Waals surface area contributed by atoms with Gasteiger partial charge in [0.05, 0.1) is 13.7 Å². The van der Waals surface area contributed by atoms with Crippen molar-refractivity contribution >= 4 is 17.4 Å². The van der Waals surface area contributed by atoms with E-state index in [0.717, 1.165) is 17.1 Å². The smallest absolute Gasteiger partial charge is 0.298 e. The van der Waals surface area contributed by atoms with Crippen LogP contribution < -0.4 is 15.0 Å². The molecule has 3 aromatic rings. The maximum absolute atomic E-state index is 13.0. The Kier molecular flexibility index (Phi) is 6.51. The second kappa shape index (κ2) is 9.25. The van der Waals surface area contributed by atoms with Crippen molar-refractivity contribution in [3.8, 4) is 16.7 Å². The lowest BCUT2D eigenvalue weighted by molar-refractivity contribution is 0.0364.